The molecule has 0 bridgehead atoms. The molecule has 1 aliphatic heterocycles. The Bertz CT molecular complexity index is 656. The smallest absolute Gasteiger partial charge is 0.264 e. The number of nitrogens with one attached hydrogen (secondary N) is 1. The van der Waals surface area contributed by atoms with Crippen LogP contribution in [0.4, 0.5) is 5.13 Å². The molecular weight excluding hydrogens is 312 g/mol. The first-order valence-electron chi connectivity index (χ1n) is 7.71. The molecule has 1 amide bonds. The summed E-state index contributed by atoms with van der Waals surface area (Å²) in [6, 6.07) is 7.82. The topological polar surface area (TPSA) is 60.5 Å². The van der Waals surface area contributed by atoms with Crippen molar-refractivity contribution < 1.29 is 14.3 Å². The summed E-state index contributed by atoms with van der Waals surface area (Å²) in [6.45, 7) is 5.53. The molecule has 1 aromatic carbocycles. The molecule has 1 aromatic heterocycles. The second-order valence-corrected chi connectivity index (χ2v) is 6.84. The molecule has 2 aromatic rings. The Labute approximate surface area is 139 Å². The highest BCUT2D eigenvalue weighted by molar-refractivity contribution is 7.15. The van der Waals surface area contributed by atoms with Crippen LogP contribution in [0.3, 0.4) is 0 Å². The van der Waals surface area contributed by atoms with Gasteiger partial charge in [-0.3, -0.25) is 10.1 Å². The van der Waals surface area contributed by atoms with Gasteiger partial charge in [-0.05, 0) is 23.6 Å². The first-order valence-corrected chi connectivity index (χ1v) is 8.52. The number of nitrogens with zero attached hydrogens (tertiary/aromatic N) is 1. The summed E-state index contributed by atoms with van der Waals surface area (Å²) in [6.07, 6.45) is 0.806. The van der Waals surface area contributed by atoms with Crippen molar-refractivity contribution in [3.63, 3.8) is 0 Å². The summed E-state index contributed by atoms with van der Waals surface area (Å²) < 4.78 is 10.9. The van der Waals surface area contributed by atoms with E-state index in [0.717, 1.165) is 17.0 Å². The zero-order chi connectivity index (χ0) is 16.2. The Morgan fingerprint density at radius 2 is 2.17 bits per heavy atom. The van der Waals surface area contributed by atoms with Gasteiger partial charge in [0.2, 0.25) is 0 Å². The molecule has 2 heterocycles. The van der Waals surface area contributed by atoms with Crippen LogP contribution in [0.25, 0.3) is 0 Å². The van der Waals surface area contributed by atoms with Crippen LogP contribution >= 0.6 is 11.3 Å². The lowest BCUT2D eigenvalue weighted by atomic mass is 10.0. The molecule has 0 spiro atoms. The molecule has 0 aliphatic carbocycles. The Morgan fingerprint density at radius 1 is 1.39 bits per heavy atom. The number of amides is 1. The summed E-state index contributed by atoms with van der Waals surface area (Å²) in [5, 5.41) is 3.40. The van der Waals surface area contributed by atoms with Crippen LogP contribution in [0.1, 0.15) is 35.9 Å². The fraction of sp³-hybridized carbons (Fsp3) is 0.412. The number of hydrogen-bond acceptors (Lipinski definition) is 5. The van der Waals surface area contributed by atoms with Gasteiger partial charge in [0.1, 0.15) is 5.75 Å². The third-order valence-electron chi connectivity index (χ3n) is 3.66. The van der Waals surface area contributed by atoms with Crippen LogP contribution in [0.15, 0.2) is 24.3 Å². The van der Waals surface area contributed by atoms with Crippen molar-refractivity contribution in [2.24, 2.45) is 0 Å². The summed E-state index contributed by atoms with van der Waals surface area (Å²) in [5.74, 6) is 0.966. The van der Waals surface area contributed by atoms with Gasteiger partial charge in [-0.15, -0.1) is 0 Å². The maximum atomic E-state index is 12.0. The molecule has 0 unspecified atom stereocenters. The van der Waals surface area contributed by atoms with Gasteiger partial charge in [0.25, 0.3) is 5.91 Å². The van der Waals surface area contributed by atoms with Gasteiger partial charge >= 0.3 is 0 Å². The number of benzene rings is 1. The minimum atomic E-state index is -0.204. The molecule has 23 heavy (non-hydrogen) atoms. The van der Waals surface area contributed by atoms with Gasteiger partial charge in [-0.25, -0.2) is 4.98 Å². The van der Waals surface area contributed by atoms with Crippen molar-refractivity contribution in [3.05, 3.63) is 40.4 Å². The molecule has 0 atom stereocenters. The molecule has 6 heteroatoms. The third kappa shape index (κ3) is 4.09. The lowest BCUT2D eigenvalue weighted by Crippen LogP contribution is -2.20. The van der Waals surface area contributed by atoms with Gasteiger partial charge in [-0.2, -0.15) is 0 Å². The molecular formula is C17H20N2O3S. The van der Waals surface area contributed by atoms with Crippen molar-refractivity contribution in [2.45, 2.75) is 32.8 Å². The minimum Gasteiger partial charge on any atom is -0.484 e. The summed E-state index contributed by atoms with van der Waals surface area (Å²) in [4.78, 5) is 17.5. The highest BCUT2D eigenvalue weighted by atomic mass is 32.1. The molecule has 0 saturated carbocycles. The Kier molecular flexibility index (Phi) is 4.93. The molecule has 0 saturated heterocycles. The number of rotatable bonds is 5. The van der Waals surface area contributed by atoms with Crippen molar-refractivity contribution in [1.82, 2.24) is 4.98 Å². The van der Waals surface area contributed by atoms with E-state index in [0.29, 0.717) is 30.0 Å². The normalized spacial score (nSPS) is 13.7. The predicted molar refractivity (Wildman–Crippen MR) is 90.1 cm³/mol. The summed E-state index contributed by atoms with van der Waals surface area (Å²) in [7, 11) is 0. The fourth-order valence-electron chi connectivity index (χ4n) is 2.33. The maximum absolute atomic E-state index is 12.0. The van der Waals surface area contributed by atoms with Crippen molar-refractivity contribution >= 4 is 22.4 Å². The number of aromatic nitrogens is 1. The van der Waals surface area contributed by atoms with Crippen LogP contribution in [0.2, 0.25) is 0 Å². The standard InChI is InChI=1S/C17H20N2O3S/c1-11(2)12-3-5-13(6-4-12)22-10-16(20)19-17-18-14-7-8-21-9-15(14)23-17/h3-6,11H,7-10H2,1-2H3,(H,18,19,20). The van der Waals surface area contributed by atoms with Crippen molar-refractivity contribution in [1.29, 1.82) is 0 Å². The van der Waals surface area contributed by atoms with Gasteiger partial charge in [0.05, 0.1) is 23.8 Å². The number of fused-ring (bicyclic) bond motifs is 1. The average molecular weight is 332 g/mol. The van der Waals surface area contributed by atoms with E-state index in [-0.39, 0.29) is 12.5 Å². The first-order chi connectivity index (χ1) is 11.1. The monoisotopic (exact) mass is 332 g/mol. The van der Waals surface area contributed by atoms with E-state index in [1.54, 1.807) is 0 Å². The van der Waals surface area contributed by atoms with E-state index >= 15 is 0 Å². The molecule has 1 aliphatic rings. The largest absolute Gasteiger partial charge is 0.484 e. The average Bonchev–Trinajstić information content (AvgIpc) is 2.95. The van der Waals surface area contributed by atoms with Gasteiger partial charge in [0, 0.05) is 6.42 Å². The summed E-state index contributed by atoms with van der Waals surface area (Å²) >= 11 is 1.47. The second-order valence-electron chi connectivity index (χ2n) is 5.75. The zero-order valence-electron chi connectivity index (χ0n) is 13.3. The van der Waals surface area contributed by atoms with E-state index in [1.807, 2.05) is 24.3 Å². The fourth-order valence-corrected chi connectivity index (χ4v) is 3.29. The zero-order valence-corrected chi connectivity index (χ0v) is 14.1. The maximum Gasteiger partial charge on any atom is 0.264 e. The van der Waals surface area contributed by atoms with Crippen LogP contribution in [-0.4, -0.2) is 24.1 Å². The minimum absolute atomic E-state index is 0.0260. The van der Waals surface area contributed by atoms with Crippen LogP contribution < -0.4 is 10.1 Å². The van der Waals surface area contributed by atoms with Crippen molar-refractivity contribution in [2.75, 3.05) is 18.5 Å². The third-order valence-corrected chi connectivity index (χ3v) is 4.64. The number of carbonyl (C=O) groups is 1. The van der Waals surface area contributed by atoms with Gasteiger partial charge < -0.3 is 9.47 Å². The second kappa shape index (κ2) is 7.10. The number of hydrogen-bond donors (Lipinski definition) is 1. The number of ether oxygens (including phenoxy) is 2. The quantitative estimate of drug-likeness (QED) is 0.912. The van der Waals surface area contributed by atoms with Gasteiger partial charge in [0.15, 0.2) is 11.7 Å². The van der Waals surface area contributed by atoms with Crippen molar-refractivity contribution in [3.8, 4) is 5.75 Å². The van der Waals surface area contributed by atoms with Crippen LogP contribution in [-0.2, 0) is 22.6 Å². The van der Waals surface area contributed by atoms with E-state index in [4.69, 9.17) is 9.47 Å². The highest BCUT2D eigenvalue weighted by Crippen LogP contribution is 2.27. The number of thiazole rings is 1. The molecule has 122 valence electrons. The number of anilines is 1. The Morgan fingerprint density at radius 3 is 2.87 bits per heavy atom. The van der Waals surface area contributed by atoms with E-state index < -0.39 is 0 Å². The number of carbonyl (C=O) groups excluding carboxylic acids is 1. The first kappa shape index (κ1) is 16.0. The lowest BCUT2D eigenvalue weighted by molar-refractivity contribution is -0.118. The molecule has 0 radical (unpaired) electrons. The lowest BCUT2D eigenvalue weighted by Gasteiger charge is -2.08. The van der Waals surface area contributed by atoms with E-state index in [2.05, 4.69) is 24.1 Å². The Balaban J connectivity index is 1.52. The molecule has 5 nitrogen and oxygen atoms in total. The molecule has 1 N–H and O–H groups in total. The van der Waals surface area contributed by atoms with E-state index in [9.17, 15) is 4.79 Å². The van der Waals surface area contributed by atoms with Crippen LogP contribution in [0, 0.1) is 0 Å². The Hall–Kier alpha value is -1.92. The van der Waals surface area contributed by atoms with Gasteiger partial charge in [-0.1, -0.05) is 37.3 Å². The predicted octanol–water partition coefficient (Wildman–Crippen LogP) is 3.36. The molecule has 0 fully saturated rings. The van der Waals surface area contributed by atoms with E-state index in [1.165, 1.54) is 16.9 Å². The SMILES string of the molecule is CC(C)c1ccc(OCC(=O)Nc2nc3c(s2)COCC3)cc1. The van der Waals surface area contributed by atoms with Crippen LogP contribution in [0.5, 0.6) is 5.75 Å². The highest BCUT2D eigenvalue weighted by Gasteiger charge is 2.16. The molecule has 3 rings (SSSR count). The summed E-state index contributed by atoms with van der Waals surface area (Å²) in [5.41, 5.74) is 2.28.